The van der Waals surface area contributed by atoms with Crippen molar-refractivity contribution < 1.29 is 19.8 Å². The Hall–Kier alpha value is -1.84. The van der Waals surface area contributed by atoms with Gasteiger partial charge < -0.3 is 15.0 Å². The topological polar surface area (TPSA) is 74.6 Å². The van der Waals surface area contributed by atoms with Crippen LogP contribution in [0.3, 0.4) is 0 Å². The summed E-state index contributed by atoms with van der Waals surface area (Å²) < 4.78 is 0. The normalized spacial score (nSPS) is 12.1. The number of carboxylic acid groups (broad SMARTS) is 1. The molecular formula is C12H14O4. The Bertz CT molecular complexity index is 382. The Balaban J connectivity index is 2.96. The lowest BCUT2D eigenvalue weighted by atomic mass is 9.90. The molecule has 16 heavy (non-hydrogen) atoms. The van der Waals surface area contributed by atoms with Crippen LogP contribution in [0.5, 0.6) is 5.75 Å². The van der Waals surface area contributed by atoms with Gasteiger partial charge in [-0.2, -0.15) is 0 Å². The van der Waals surface area contributed by atoms with Gasteiger partial charge in [-0.05, 0) is 18.6 Å². The molecule has 0 bridgehead atoms. The summed E-state index contributed by atoms with van der Waals surface area (Å²) in [6.45, 7) is 1.41. The van der Waals surface area contributed by atoms with Gasteiger partial charge in [0.1, 0.15) is 11.5 Å². The summed E-state index contributed by atoms with van der Waals surface area (Å²) in [5.74, 6) is -1.49. The number of hydrogen-bond donors (Lipinski definition) is 2. The molecule has 0 aromatic heterocycles. The van der Waals surface area contributed by atoms with Gasteiger partial charge in [-0.3, -0.25) is 4.79 Å². The van der Waals surface area contributed by atoms with Crippen LogP contribution in [-0.2, 0) is 9.59 Å². The first-order chi connectivity index (χ1) is 7.50. The molecule has 2 N–H and O–H groups in total. The highest BCUT2D eigenvalue weighted by Gasteiger charge is 2.19. The van der Waals surface area contributed by atoms with Crippen molar-refractivity contribution in [2.24, 2.45) is 0 Å². The predicted molar refractivity (Wildman–Crippen MR) is 58.4 cm³/mol. The second kappa shape index (κ2) is 5.30. The molecule has 0 aliphatic heterocycles. The highest BCUT2D eigenvalue weighted by molar-refractivity contribution is 5.78. The number of aromatic hydroxyl groups is 1. The van der Waals surface area contributed by atoms with Gasteiger partial charge in [-0.15, -0.1) is 0 Å². The fraction of sp³-hybridized carbons (Fsp3) is 0.333. The van der Waals surface area contributed by atoms with E-state index >= 15 is 0 Å². The number of rotatable bonds is 5. The zero-order valence-corrected chi connectivity index (χ0v) is 9.01. The van der Waals surface area contributed by atoms with Gasteiger partial charge in [0.05, 0.1) is 6.42 Å². The minimum Gasteiger partial charge on any atom is -0.508 e. The molecule has 0 spiro atoms. The summed E-state index contributed by atoms with van der Waals surface area (Å²) in [5, 5.41) is 18.4. The summed E-state index contributed by atoms with van der Waals surface area (Å²) >= 11 is 0. The van der Waals surface area contributed by atoms with Crippen LogP contribution in [0.1, 0.15) is 31.2 Å². The fourth-order valence-corrected chi connectivity index (χ4v) is 1.68. The smallest absolute Gasteiger partial charge is 0.303 e. The molecule has 0 aliphatic rings. The first-order valence-electron chi connectivity index (χ1n) is 5.00. The van der Waals surface area contributed by atoms with E-state index in [0.717, 1.165) is 0 Å². The third-order valence-electron chi connectivity index (χ3n) is 2.33. The third-order valence-corrected chi connectivity index (χ3v) is 2.33. The van der Waals surface area contributed by atoms with E-state index in [0.29, 0.717) is 5.56 Å². The summed E-state index contributed by atoms with van der Waals surface area (Å²) in [4.78, 5) is 21.7. The molecule has 0 radical (unpaired) electrons. The molecule has 4 heteroatoms. The van der Waals surface area contributed by atoms with E-state index in [1.54, 1.807) is 18.2 Å². The van der Waals surface area contributed by atoms with Crippen molar-refractivity contribution in [1.29, 1.82) is 0 Å². The number of carbonyl (C=O) groups excluding carboxylic acids is 1. The lowest BCUT2D eigenvalue weighted by molar-refractivity contribution is -0.137. The van der Waals surface area contributed by atoms with Crippen molar-refractivity contribution in [3.8, 4) is 5.75 Å². The average Bonchev–Trinajstić information content (AvgIpc) is 2.15. The zero-order chi connectivity index (χ0) is 12.1. The maximum atomic E-state index is 11.0. The molecule has 0 fully saturated rings. The molecule has 0 saturated carbocycles. The molecule has 86 valence electrons. The van der Waals surface area contributed by atoms with Gasteiger partial charge in [0.2, 0.25) is 0 Å². The highest BCUT2D eigenvalue weighted by Crippen LogP contribution is 2.30. The standard InChI is InChI=1S/C12H14O4/c1-8(13)6-9(7-12(15)16)10-4-2-3-5-11(10)14/h2-5,9,14H,6-7H2,1H3,(H,15,16). The largest absolute Gasteiger partial charge is 0.508 e. The lowest BCUT2D eigenvalue weighted by Gasteiger charge is -2.14. The van der Waals surface area contributed by atoms with Crippen molar-refractivity contribution in [3.05, 3.63) is 29.8 Å². The first-order valence-corrected chi connectivity index (χ1v) is 5.00. The Kier molecular flexibility index (Phi) is 4.05. The van der Waals surface area contributed by atoms with Crippen molar-refractivity contribution in [2.45, 2.75) is 25.7 Å². The Morgan fingerprint density at radius 2 is 1.88 bits per heavy atom. The molecule has 0 amide bonds. The minimum atomic E-state index is -0.977. The average molecular weight is 222 g/mol. The summed E-state index contributed by atoms with van der Waals surface area (Å²) in [6, 6.07) is 6.50. The van der Waals surface area contributed by atoms with E-state index in [2.05, 4.69) is 0 Å². The summed E-state index contributed by atoms with van der Waals surface area (Å²) in [7, 11) is 0. The van der Waals surface area contributed by atoms with Crippen molar-refractivity contribution in [1.82, 2.24) is 0 Å². The Morgan fingerprint density at radius 1 is 1.25 bits per heavy atom. The maximum absolute atomic E-state index is 11.0. The molecule has 0 aliphatic carbocycles. The van der Waals surface area contributed by atoms with Gasteiger partial charge in [0.15, 0.2) is 0 Å². The zero-order valence-electron chi connectivity index (χ0n) is 9.01. The van der Waals surface area contributed by atoms with Gasteiger partial charge in [-0.1, -0.05) is 18.2 Å². The number of phenolic OH excluding ortho intramolecular Hbond substituents is 1. The number of hydrogen-bond acceptors (Lipinski definition) is 3. The van der Waals surface area contributed by atoms with Crippen LogP contribution in [0, 0.1) is 0 Å². The highest BCUT2D eigenvalue weighted by atomic mass is 16.4. The quantitative estimate of drug-likeness (QED) is 0.798. The number of para-hydroxylation sites is 1. The molecule has 0 heterocycles. The van der Waals surface area contributed by atoms with Crippen LogP contribution in [0.2, 0.25) is 0 Å². The summed E-state index contributed by atoms with van der Waals surface area (Å²) in [6.07, 6.45) is -0.0268. The van der Waals surface area contributed by atoms with E-state index in [-0.39, 0.29) is 24.4 Å². The number of ketones is 1. The molecular weight excluding hydrogens is 208 g/mol. The number of aliphatic carboxylic acids is 1. The molecule has 1 aromatic carbocycles. The van der Waals surface area contributed by atoms with Crippen molar-refractivity contribution >= 4 is 11.8 Å². The van der Waals surface area contributed by atoms with Crippen LogP contribution in [0.25, 0.3) is 0 Å². The van der Waals surface area contributed by atoms with Crippen LogP contribution in [0.4, 0.5) is 0 Å². The van der Waals surface area contributed by atoms with E-state index < -0.39 is 11.9 Å². The van der Waals surface area contributed by atoms with E-state index in [1.165, 1.54) is 13.0 Å². The Labute approximate surface area is 93.5 Å². The number of carboxylic acids is 1. The number of benzene rings is 1. The maximum Gasteiger partial charge on any atom is 0.303 e. The van der Waals surface area contributed by atoms with E-state index in [4.69, 9.17) is 5.11 Å². The van der Waals surface area contributed by atoms with Crippen molar-refractivity contribution in [3.63, 3.8) is 0 Å². The summed E-state index contributed by atoms with van der Waals surface area (Å²) in [5.41, 5.74) is 0.514. The molecule has 1 rings (SSSR count). The minimum absolute atomic E-state index is 0.0370. The second-order valence-corrected chi connectivity index (χ2v) is 3.76. The van der Waals surface area contributed by atoms with Crippen LogP contribution >= 0.6 is 0 Å². The lowest BCUT2D eigenvalue weighted by Crippen LogP contribution is -2.10. The molecule has 1 atom stereocenters. The predicted octanol–water partition coefficient (Wildman–Crippen LogP) is 1.93. The van der Waals surface area contributed by atoms with Crippen LogP contribution in [0.15, 0.2) is 24.3 Å². The number of Topliss-reactive ketones (excluding diaryl/α,β-unsaturated/α-hetero) is 1. The monoisotopic (exact) mass is 222 g/mol. The van der Waals surface area contributed by atoms with Crippen LogP contribution in [-0.4, -0.2) is 22.0 Å². The SMILES string of the molecule is CC(=O)CC(CC(=O)O)c1ccccc1O. The van der Waals surface area contributed by atoms with Crippen molar-refractivity contribution in [2.75, 3.05) is 0 Å². The van der Waals surface area contributed by atoms with Gasteiger partial charge >= 0.3 is 5.97 Å². The Morgan fingerprint density at radius 3 is 2.38 bits per heavy atom. The van der Waals surface area contributed by atoms with E-state index in [9.17, 15) is 14.7 Å². The van der Waals surface area contributed by atoms with E-state index in [1.807, 2.05) is 0 Å². The van der Waals surface area contributed by atoms with Gasteiger partial charge in [0, 0.05) is 12.3 Å². The third kappa shape index (κ3) is 3.38. The molecule has 1 unspecified atom stereocenters. The first kappa shape index (κ1) is 12.2. The molecule has 1 aromatic rings. The number of phenols is 1. The molecule has 0 saturated heterocycles. The van der Waals surface area contributed by atoms with Gasteiger partial charge in [0.25, 0.3) is 0 Å². The fourth-order valence-electron chi connectivity index (χ4n) is 1.68. The number of carbonyl (C=O) groups is 2. The van der Waals surface area contributed by atoms with Gasteiger partial charge in [-0.25, -0.2) is 0 Å². The second-order valence-electron chi connectivity index (χ2n) is 3.76. The van der Waals surface area contributed by atoms with Crippen LogP contribution < -0.4 is 0 Å². The molecule has 4 nitrogen and oxygen atoms in total.